The van der Waals surface area contributed by atoms with Crippen molar-refractivity contribution in [3.8, 4) is 11.5 Å². The molecule has 2 aromatic rings. The van der Waals surface area contributed by atoms with Crippen LogP contribution in [0.15, 0.2) is 46.9 Å². The third kappa shape index (κ3) is 7.55. The molecule has 0 saturated heterocycles. The Morgan fingerprint density at radius 2 is 1.59 bits per heavy atom. The first-order chi connectivity index (χ1) is 15.0. The van der Waals surface area contributed by atoms with Crippen molar-refractivity contribution in [1.82, 2.24) is 10.2 Å². The molecule has 2 rings (SSSR count). The predicted octanol–water partition coefficient (Wildman–Crippen LogP) is 4.73. The lowest BCUT2D eigenvalue weighted by Gasteiger charge is -2.31. The number of amides is 2. The van der Waals surface area contributed by atoms with Crippen LogP contribution >= 0.6 is 15.9 Å². The Labute approximate surface area is 199 Å². The number of hydrogen-bond acceptors (Lipinski definition) is 4. The van der Waals surface area contributed by atoms with E-state index in [4.69, 9.17) is 9.47 Å². The molecule has 0 bridgehead atoms. The summed E-state index contributed by atoms with van der Waals surface area (Å²) in [6.07, 6.45) is 0.808. The van der Waals surface area contributed by atoms with Crippen molar-refractivity contribution >= 4 is 27.7 Å². The summed E-state index contributed by atoms with van der Waals surface area (Å²) in [7, 11) is 3.17. The van der Waals surface area contributed by atoms with Gasteiger partial charge < -0.3 is 19.7 Å². The molecule has 0 aliphatic heterocycles. The highest BCUT2D eigenvalue weighted by Crippen LogP contribution is 2.28. The molecule has 0 aliphatic carbocycles. The van der Waals surface area contributed by atoms with Gasteiger partial charge in [-0.25, -0.2) is 0 Å². The van der Waals surface area contributed by atoms with E-state index in [1.807, 2.05) is 63.2 Å². The highest BCUT2D eigenvalue weighted by Gasteiger charge is 2.28. The number of ether oxygens (including phenoxy) is 2. The van der Waals surface area contributed by atoms with Crippen LogP contribution in [0.4, 0.5) is 0 Å². The summed E-state index contributed by atoms with van der Waals surface area (Å²) in [6, 6.07) is 12.8. The topological polar surface area (TPSA) is 67.9 Å². The zero-order valence-electron chi connectivity index (χ0n) is 19.7. The Hall–Kier alpha value is -2.54. The molecule has 0 radical (unpaired) electrons. The zero-order valence-corrected chi connectivity index (χ0v) is 21.3. The molecule has 0 aliphatic rings. The number of halogens is 1. The van der Waals surface area contributed by atoms with E-state index in [1.165, 1.54) is 0 Å². The van der Waals surface area contributed by atoms with Gasteiger partial charge in [-0.1, -0.05) is 34.1 Å². The molecule has 0 saturated carbocycles. The summed E-state index contributed by atoms with van der Waals surface area (Å²) >= 11 is 3.43. The number of aryl methyl sites for hydroxylation is 1. The average molecular weight is 505 g/mol. The SMILES string of the molecule is COc1ccc(CCC(=O)N(Cc2ccc(Br)cc2)C(C)C(=O)NC(C)(C)C)cc1OC. The van der Waals surface area contributed by atoms with E-state index in [2.05, 4.69) is 21.2 Å². The first-order valence-electron chi connectivity index (χ1n) is 10.6. The predicted molar refractivity (Wildman–Crippen MR) is 130 cm³/mol. The van der Waals surface area contributed by atoms with Crippen molar-refractivity contribution in [1.29, 1.82) is 0 Å². The quantitative estimate of drug-likeness (QED) is 0.535. The van der Waals surface area contributed by atoms with Crippen LogP contribution in [0.1, 0.15) is 45.2 Å². The Kier molecular flexibility index (Phi) is 9.13. The number of methoxy groups -OCH3 is 2. The highest BCUT2D eigenvalue weighted by atomic mass is 79.9. The standard InChI is InChI=1S/C25H33BrN2O4/c1-17(24(30)27-25(2,3)4)28(16-19-7-11-20(26)12-8-19)23(29)14-10-18-9-13-21(31-5)22(15-18)32-6/h7-9,11-13,15,17H,10,14,16H2,1-6H3,(H,27,30). The Morgan fingerprint density at radius 1 is 1.00 bits per heavy atom. The second kappa shape index (κ2) is 11.4. The number of hydrogen-bond donors (Lipinski definition) is 1. The number of nitrogens with zero attached hydrogens (tertiary/aromatic N) is 1. The molecule has 6 nitrogen and oxygen atoms in total. The minimum Gasteiger partial charge on any atom is -0.493 e. The van der Waals surface area contributed by atoms with Gasteiger partial charge in [-0.3, -0.25) is 9.59 Å². The fraction of sp³-hybridized carbons (Fsp3) is 0.440. The van der Waals surface area contributed by atoms with Gasteiger partial charge in [0.2, 0.25) is 11.8 Å². The van der Waals surface area contributed by atoms with Crippen LogP contribution in [-0.2, 0) is 22.6 Å². The smallest absolute Gasteiger partial charge is 0.242 e. The van der Waals surface area contributed by atoms with Crippen LogP contribution in [-0.4, -0.2) is 42.5 Å². The molecule has 1 unspecified atom stereocenters. The minimum absolute atomic E-state index is 0.0840. The zero-order chi connectivity index (χ0) is 23.9. The molecular formula is C25H33BrN2O4. The van der Waals surface area contributed by atoms with Crippen LogP contribution in [0.25, 0.3) is 0 Å². The average Bonchev–Trinajstić information content (AvgIpc) is 2.75. The normalized spacial score (nSPS) is 12.1. The maximum atomic E-state index is 13.3. The Morgan fingerprint density at radius 3 is 2.16 bits per heavy atom. The first kappa shape index (κ1) is 25.7. The van der Waals surface area contributed by atoms with E-state index in [9.17, 15) is 9.59 Å². The molecular weight excluding hydrogens is 472 g/mol. The van der Waals surface area contributed by atoms with Crippen LogP contribution in [0.3, 0.4) is 0 Å². The highest BCUT2D eigenvalue weighted by molar-refractivity contribution is 9.10. The van der Waals surface area contributed by atoms with E-state index >= 15 is 0 Å². The maximum Gasteiger partial charge on any atom is 0.242 e. The third-order valence-corrected chi connectivity index (χ3v) is 5.54. The van der Waals surface area contributed by atoms with E-state index in [0.717, 1.165) is 15.6 Å². The number of carbonyl (C=O) groups excluding carboxylic acids is 2. The second-order valence-corrected chi connectivity index (χ2v) is 9.67. The van der Waals surface area contributed by atoms with Crippen LogP contribution in [0.2, 0.25) is 0 Å². The fourth-order valence-electron chi connectivity index (χ4n) is 3.27. The van der Waals surface area contributed by atoms with Crippen molar-refractivity contribution in [3.05, 3.63) is 58.1 Å². The van der Waals surface area contributed by atoms with Crippen molar-refractivity contribution in [2.45, 2.75) is 58.7 Å². The number of rotatable bonds is 9. The summed E-state index contributed by atoms with van der Waals surface area (Å²) in [5, 5.41) is 2.98. The van der Waals surface area contributed by atoms with Crippen molar-refractivity contribution in [3.63, 3.8) is 0 Å². The lowest BCUT2D eigenvalue weighted by Crippen LogP contribution is -2.52. The molecule has 0 spiro atoms. The molecule has 0 fully saturated rings. The minimum atomic E-state index is -0.601. The maximum absolute atomic E-state index is 13.3. The van der Waals surface area contributed by atoms with Crippen LogP contribution in [0, 0.1) is 0 Å². The van der Waals surface area contributed by atoms with Crippen LogP contribution < -0.4 is 14.8 Å². The van der Waals surface area contributed by atoms with Gasteiger partial charge in [0.15, 0.2) is 11.5 Å². The molecule has 0 heterocycles. The lowest BCUT2D eigenvalue weighted by atomic mass is 10.1. The van der Waals surface area contributed by atoms with E-state index in [-0.39, 0.29) is 23.8 Å². The molecule has 0 aromatic heterocycles. The lowest BCUT2D eigenvalue weighted by molar-refractivity contribution is -0.141. The van der Waals surface area contributed by atoms with Gasteiger partial charge in [-0.05, 0) is 69.5 Å². The summed E-state index contributed by atoms with van der Waals surface area (Å²) in [5.41, 5.74) is 1.55. The molecule has 7 heteroatoms. The van der Waals surface area contributed by atoms with Crippen molar-refractivity contribution < 1.29 is 19.1 Å². The molecule has 2 amide bonds. The van der Waals surface area contributed by atoms with E-state index in [0.29, 0.717) is 24.5 Å². The summed E-state index contributed by atoms with van der Waals surface area (Å²) in [6.45, 7) is 7.91. The molecule has 1 atom stereocenters. The van der Waals surface area contributed by atoms with Gasteiger partial charge >= 0.3 is 0 Å². The van der Waals surface area contributed by atoms with Gasteiger partial charge in [0, 0.05) is 23.0 Å². The summed E-state index contributed by atoms with van der Waals surface area (Å²) in [5.74, 6) is 1.02. The van der Waals surface area contributed by atoms with Gasteiger partial charge in [-0.15, -0.1) is 0 Å². The van der Waals surface area contributed by atoms with E-state index in [1.54, 1.807) is 26.0 Å². The third-order valence-electron chi connectivity index (χ3n) is 5.01. The summed E-state index contributed by atoms with van der Waals surface area (Å²) < 4.78 is 11.6. The van der Waals surface area contributed by atoms with Gasteiger partial charge in [0.25, 0.3) is 0 Å². The van der Waals surface area contributed by atoms with Gasteiger partial charge in [-0.2, -0.15) is 0 Å². The second-order valence-electron chi connectivity index (χ2n) is 8.75. The van der Waals surface area contributed by atoms with E-state index < -0.39 is 6.04 Å². The van der Waals surface area contributed by atoms with Crippen LogP contribution in [0.5, 0.6) is 11.5 Å². The first-order valence-corrected chi connectivity index (χ1v) is 11.4. The fourth-order valence-corrected chi connectivity index (χ4v) is 3.54. The largest absolute Gasteiger partial charge is 0.493 e. The Balaban J connectivity index is 2.18. The monoisotopic (exact) mass is 504 g/mol. The van der Waals surface area contributed by atoms with Gasteiger partial charge in [0.05, 0.1) is 14.2 Å². The van der Waals surface area contributed by atoms with Crippen molar-refractivity contribution in [2.24, 2.45) is 0 Å². The molecule has 174 valence electrons. The summed E-state index contributed by atoms with van der Waals surface area (Å²) in [4.78, 5) is 27.7. The molecule has 1 N–H and O–H groups in total. The van der Waals surface area contributed by atoms with Gasteiger partial charge in [0.1, 0.15) is 6.04 Å². The number of carbonyl (C=O) groups is 2. The molecule has 2 aromatic carbocycles. The molecule has 32 heavy (non-hydrogen) atoms. The number of nitrogens with one attached hydrogen (secondary N) is 1. The Bertz CT molecular complexity index is 923. The van der Waals surface area contributed by atoms with Crippen molar-refractivity contribution in [2.75, 3.05) is 14.2 Å². The number of benzene rings is 2.